The van der Waals surface area contributed by atoms with Crippen LogP contribution in [0.1, 0.15) is 23.0 Å². The molecule has 0 aliphatic carbocycles. The van der Waals surface area contributed by atoms with Crippen molar-refractivity contribution in [2.24, 2.45) is 5.92 Å². The van der Waals surface area contributed by atoms with E-state index in [1.54, 1.807) is 24.3 Å². The molecule has 30 heavy (non-hydrogen) atoms. The van der Waals surface area contributed by atoms with Crippen molar-refractivity contribution >= 4 is 23.0 Å². The van der Waals surface area contributed by atoms with Gasteiger partial charge in [0.1, 0.15) is 22.2 Å². The molecule has 1 heterocycles. The fourth-order valence-corrected chi connectivity index (χ4v) is 3.68. The summed E-state index contributed by atoms with van der Waals surface area (Å²) >= 11 is 0.996. The fourth-order valence-electron chi connectivity index (χ4n) is 2.72. The third-order valence-electron chi connectivity index (χ3n) is 4.41. The largest absolute Gasteiger partial charge is 0.491 e. The first-order valence-electron chi connectivity index (χ1n) is 9.05. The number of hydrogen-bond acceptors (Lipinski definition) is 7. The number of nitrogens with zero attached hydrogens (tertiary/aromatic N) is 3. The number of ether oxygens (including phenoxy) is 1. The number of carboxylic acids is 1. The molecule has 0 fully saturated rings. The molecule has 2 aromatic carbocycles. The quantitative estimate of drug-likeness (QED) is 0.398. The van der Waals surface area contributed by atoms with Gasteiger partial charge < -0.3 is 9.84 Å². The number of rotatable bonds is 8. The molecule has 3 aromatic rings. The Kier molecular flexibility index (Phi) is 6.39. The van der Waals surface area contributed by atoms with Crippen molar-refractivity contribution < 1.29 is 19.6 Å². The minimum absolute atomic E-state index is 0.0251. The fraction of sp³-hybridized carbons (Fsp3) is 0.190. The number of hydrogen-bond donors (Lipinski definition) is 1. The SMILES string of the molecule is CCC(C#N)COc1ccccc1-c1nc(-c2ccc([N+](=O)[O-])cc2)c(C(=O)O)s1. The predicted octanol–water partition coefficient (Wildman–Crippen LogP) is 5.01. The van der Waals surface area contributed by atoms with Crippen molar-refractivity contribution in [1.82, 2.24) is 4.98 Å². The maximum absolute atomic E-state index is 11.8. The number of nitriles is 1. The molecule has 0 spiro atoms. The Morgan fingerprint density at radius 3 is 2.60 bits per heavy atom. The van der Waals surface area contributed by atoms with Crippen molar-refractivity contribution in [1.29, 1.82) is 5.26 Å². The normalized spacial score (nSPS) is 11.5. The molecule has 0 bridgehead atoms. The molecule has 0 aliphatic rings. The number of thiazole rings is 1. The van der Waals surface area contributed by atoms with E-state index in [0.29, 0.717) is 28.3 Å². The van der Waals surface area contributed by atoms with Gasteiger partial charge in [-0.1, -0.05) is 19.1 Å². The molecule has 0 saturated heterocycles. The number of aromatic carboxylic acids is 1. The molecule has 152 valence electrons. The van der Waals surface area contributed by atoms with Crippen molar-refractivity contribution in [3.8, 4) is 33.6 Å². The van der Waals surface area contributed by atoms with Crippen LogP contribution in [0, 0.1) is 27.4 Å². The predicted molar refractivity (Wildman–Crippen MR) is 111 cm³/mol. The Morgan fingerprint density at radius 2 is 2.00 bits per heavy atom. The molecule has 1 atom stereocenters. The molecule has 9 heteroatoms. The van der Waals surface area contributed by atoms with Crippen molar-refractivity contribution in [2.75, 3.05) is 6.61 Å². The van der Waals surface area contributed by atoms with E-state index in [4.69, 9.17) is 10.00 Å². The van der Waals surface area contributed by atoms with Gasteiger partial charge in [-0.15, -0.1) is 11.3 Å². The number of para-hydroxylation sites is 1. The van der Waals surface area contributed by atoms with Crippen LogP contribution in [-0.4, -0.2) is 27.6 Å². The van der Waals surface area contributed by atoms with Gasteiger partial charge in [0.05, 0.1) is 28.2 Å². The van der Waals surface area contributed by atoms with Crippen molar-refractivity contribution in [3.63, 3.8) is 0 Å². The molecule has 8 nitrogen and oxygen atoms in total. The highest BCUT2D eigenvalue weighted by Crippen LogP contribution is 2.38. The van der Waals surface area contributed by atoms with Crippen molar-refractivity contribution in [3.05, 3.63) is 63.5 Å². The summed E-state index contributed by atoms with van der Waals surface area (Å²) in [4.78, 5) is 26.7. The number of aromatic nitrogens is 1. The van der Waals surface area contributed by atoms with Gasteiger partial charge >= 0.3 is 5.97 Å². The van der Waals surface area contributed by atoms with Gasteiger partial charge in [-0.05, 0) is 30.7 Å². The summed E-state index contributed by atoms with van der Waals surface area (Å²) in [6.45, 7) is 2.12. The third kappa shape index (κ3) is 4.45. The minimum atomic E-state index is -1.14. The lowest BCUT2D eigenvalue weighted by molar-refractivity contribution is -0.384. The summed E-state index contributed by atoms with van der Waals surface area (Å²) in [5, 5.41) is 30.1. The number of carboxylic acid groups (broad SMARTS) is 1. The highest BCUT2D eigenvalue weighted by molar-refractivity contribution is 7.17. The first-order chi connectivity index (χ1) is 14.4. The molecular formula is C21H17N3O5S. The monoisotopic (exact) mass is 423 g/mol. The average Bonchev–Trinajstić information content (AvgIpc) is 3.20. The van der Waals surface area contributed by atoms with Gasteiger partial charge in [0.2, 0.25) is 0 Å². The summed E-state index contributed by atoms with van der Waals surface area (Å²) in [7, 11) is 0. The smallest absolute Gasteiger partial charge is 0.348 e. The number of nitro benzene ring substituents is 1. The Morgan fingerprint density at radius 1 is 1.30 bits per heavy atom. The molecule has 1 N–H and O–H groups in total. The maximum Gasteiger partial charge on any atom is 0.348 e. The van der Waals surface area contributed by atoms with Crippen LogP contribution in [0.25, 0.3) is 21.8 Å². The number of carbonyl (C=O) groups is 1. The van der Waals surface area contributed by atoms with Gasteiger partial charge in [-0.3, -0.25) is 10.1 Å². The number of non-ortho nitro benzene ring substituents is 1. The van der Waals surface area contributed by atoms with E-state index in [1.165, 1.54) is 24.3 Å². The van der Waals surface area contributed by atoms with E-state index in [2.05, 4.69) is 11.1 Å². The van der Waals surface area contributed by atoms with Crippen LogP contribution in [0.15, 0.2) is 48.5 Å². The molecule has 1 aromatic heterocycles. The highest BCUT2D eigenvalue weighted by Gasteiger charge is 2.22. The van der Waals surface area contributed by atoms with Gasteiger partial charge in [0.15, 0.2) is 0 Å². The molecular weight excluding hydrogens is 406 g/mol. The molecule has 0 aliphatic heterocycles. The molecule has 0 saturated carbocycles. The van der Waals surface area contributed by atoms with Crippen LogP contribution in [0.4, 0.5) is 5.69 Å². The lowest BCUT2D eigenvalue weighted by Gasteiger charge is -2.12. The second kappa shape index (κ2) is 9.15. The second-order valence-corrected chi connectivity index (χ2v) is 7.35. The summed E-state index contributed by atoms with van der Waals surface area (Å²) in [5.41, 5.74) is 1.23. The topological polar surface area (TPSA) is 126 Å². The minimum Gasteiger partial charge on any atom is -0.491 e. The summed E-state index contributed by atoms with van der Waals surface area (Å²) < 4.78 is 5.81. The lowest BCUT2D eigenvalue weighted by Crippen LogP contribution is -2.09. The van der Waals surface area contributed by atoms with Gasteiger partial charge in [-0.2, -0.15) is 5.26 Å². The van der Waals surface area contributed by atoms with Crippen molar-refractivity contribution in [2.45, 2.75) is 13.3 Å². The number of benzene rings is 2. The molecule has 3 rings (SSSR count). The lowest BCUT2D eigenvalue weighted by atomic mass is 10.1. The second-order valence-electron chi connectivity index (χ2n) is 6.35. The zero-order chi connectivity index (χ0) is 21.7. The molecule has 0 amide bonds. The van der Waals surface area contributed by atoms with Crippen LogP contribution >= 0.6 is 11.3 Å². The standard InChI is InChI=1S/C21H17N3O5S/c1-2-13(11-22)12-29-17-6-4-3-5-16(17)20-23-18(19(30-20)21(25)26)14-7-9-15(10-8-14)24(27)28/h3-10,13H,2,12H2,1H3,(H,25,26). The van der Waals surface area contributed by atoms with E-state index in [1.807, 2.05) is 6.92 Å². The maximum atomic E-state index is 11.8. The highest BCUT2D eigenvalue weighted by atomic mass is 32.1. The zero-order valence-electron chi connectivity index (χ0n) is 15.9. The Labute approximate surface area is 176 Å². The van der Waals surface area contributed by atoms with Crippen LogP contribution < -0.4 is 4.74 Å². The Hall–Kier alpha value is -3.77. The zero-order valence-corrected chi connectivity index (χ0v) is 16.8. The van der Waals surface area contributed by atoms with E-state index in [9.17, 15) is 20.0 Å². The molecule has 0 radical (unpaired) electrons. The van der Waals surface area contributed by atoms with Gasteiger partial charge in [0, 0.05) is 17.7 Å². The van der Waals surface area contributed by atoms with E-state index in [-0.39, 0.29) is 28.8 Å². The van der Waals surface area contributed by atoms with Crippen LogP contribution in [0.2, 0.25) is 0 Å². The van der Waals surface area contributed by atoms with Gasteiger partial charge in [0.25, 0.3) is 5.69 Å². The summed E-state index contributed by atoms with van der Waals surface area (Å²) in [5.74, 6) is -0.882. The van der Waals surface area contributed by atoms with Crippen LogP contribution in [0.3, 0.4) is 0 Å². The third-order valence-corrected chi connectivity index (χ3v) is 5.48. The van der Waals surface area contributed by atoms with E-state index >= 15 is 0 Å². The number of nitro groups is 1. The van der Waals surface area contributed by atoms with Crippen LogP contribution in [-0.2, 0) is 0 Å². The Bertz CT molecular complexity index is 1120. The van der Waals surface area contributed by atoms with Crippen LogP contribution in [0.5, 0.6) is 5.75 Å². The first-order valence-corrected chi connectivity index (χ1v) is 9.87. The molecule has 1 unspecified atom stereocenters. The summed E-state index contributed by atoms with van der Waals surface area (Å²) in [6, 6.07) is 14.8. The first kappa shape index (κ1) is 21.0. The summed E-state index contributed by atoms with van der Waals surface area (Å²) in [6.07, 6.45) is 0.656. The van der Waals surface area contributed by atoms with Gasteiger partial charge in [-0.25, -0.2) is 9.78 Å². The Balaban J connectivity index is 2.00. The van der Waals surface area contributed by atoms with E-state index < -0.39 is 10.9 Å². The average molecular weight is 423 g/mol. The van der Waals surface area contributed by atoms with E-state index in [0.717, 1.165) is 11.3 Å².